The molecule has 0 aliphatic heterocycles. The zero-order chi connectivity index (χ0) is 33.3. The topological polar surface area (TPSA) is 8.17 Å². The van der Waals surface area contributed by atoms with Crippen LogP contribution in [-0.2, 0) is 0 Å². The second-order valence-corrected chi connectivity index (χ2v) is 12.6. The molecule has 1 heterocycles. The summed E-state index contributed by atoms with van der Waals surface area (Å²) in [5.41, 5.74) is 13.9. The lowest BCUT2D eigenvalue weighted by Gasteiger charge is -2.30. The smallest absolute Gasteiger partial charge is 0.0561 e. The van der Waals surface area contributed by atoms with Crippen LogP contribution < -0.4 is 4.90 Å². The zero-order valence-corrected chi connectivity index (χ0v) is 27.5. The minimum Gasteiger partial charge on any atom is -0.309 e. The summed E-state index contributed by atoms with van der Waals surface area (Å²) in [6.07, 6.45) is 0. The first kappa shape index (κ1) is 29.5. The molecule has 0 saturated heterocycles. The molecule has 0 atom stereocenters. The molecule has 9 aromatic rings. The standard InChI is InChI=1S/C48H34N2/c1-4-16-35(17-5-1)36-28-30-39(31-29-36)49-47-27-15-12-24-43(47)44-33-32-40(34-48(44)49)50(45-25-13-10-22-41(45)37-18-6-2-7-19-37)46-26-14-11-23-42(46)38-20-8-3-9-21-38/h1-34H. The summed E-state index contributed by atoms with van der Waals surface area (Å²) in [6.45, 7) is 0. The normalized spacial score (nSPS) is 11.2. The summed E-state index contributed by atoms with van der Waals surface area (Å²) in [7, 11) is 0. The second kappa shape index (κ2) is 12.8. The van der Waals surface area contributed by atoms with E-state index in [0.717, 1.165) is 28.3 Å². The molecule has 0 aliphatic rings. The molecule has 50 heavy (non-hydrogen) atoms. The van der Waals surface area contributed by atoms with Gasteiger partial charge >= 0.3 is 0 Å². The summed E-state index contributed by atoms with van der Waals surface area (Å²) in [4.78, 5) is 2.44. The number of para-hydroxylation sites is 3. The number of anilines is 3. The van der Waals surface area contributed by atoms with E-state index in [2.05, 4.69) is 216 Å². The van der Waals surface area contributed by atoms with Crippen LogP contribution in [0.3, 0.4) is 0 Å². The van der Waals surface area contributed by atoms with E-state index in [9.17, 15) is 0 Å². The van der Waals surface area contributed by atoms with Gasteiger partial charge in [-0.25, -0.2) is 0 Å². The Morgan fingerprint density at radius 1 is 0.320 bits per heavy atom. The van der Waals surface area contributed by atoms with Crippen molar-refractivity contribution in [3.8, 4) is 39.1 Å². The highest BCUT2D eigenvalue weighted by Crippen LogP contribution is 2.46. The molecule has 236 valence electrons. The SMILES string of the molecule is c1ccc(-c2ccc(-n3c4ccccc4c4ccc(N(c5ccccc5-c5ccccc5)c5ccccc5-c5ccccc5)cc43)cc2)cc1. The van der Waals surface area contributed by atoms with Gasteiger partial charge in [0.1, 0.15) is 0 Å². The van der Waals surface area contributed by atoms with Gasteiger partial charge in [-0.05, 0) is 64.7 Å². The number of rotatable bonds is 7. The van der Waals surface area contributed by atoms with Gasteiger partial charge in [0.15, 0.2) is 0 Å². The van der Waals surface area contributed by atoms with E-state index in [0.29, 0.717) is 0 Å². The van der Waals surface area contributed by atoms with Crippen molar-refractivity contribution in [2.24, 2.45) is 0 Å². The fourth-order valence-electron chi connectivity index (χ4n) is 7.28. The molecule has 2 heteroatoms. The Morgan fingerprint density at radius 2 is 0.780 bits per heavy atom. The second-order valence-electron chi connectivity index (χ2n) is 12.6. The van der Waals surface area contributed by atoms with E-state index in [1.54, 1.807) is 0 Å². The third-order valence-corrected chi connectivity index (χ3v) is 9.61. The van der Waals surface area contributed by atoms with Crippen molar-refractivity contribution in [2.45, 2.75) is 0 Å². The Bertz CT molecular complexity index is 2480. The molecule has 2 nitrogen and oxygen atoms in total. The third-order valence-electron chi connectivity index (χ3n) is 9.61. The molecule has 0 N–H and O–H groups in total. The maximum Gasteiger partial charge on any atom is 0.0561 e. The lowest BCUT2D eigenvalue weighted by atomic mass is 9.98. The number of aromatic nitrogens is 1. The van der Waals surface area contributed by atoms with Crippen LogP contribution in [0, 0.1) is 0 Å². The Hall–Kier alpha value is -6.64. The largest absolute Gasteiger partial charge is 0.309 e. The summed E-state index contributed by atoms with van der Waals surface area (Å²) in [6, 6.07) is 74.1. The van der Waals surface area contributed by atoms with Crippen LogP contribution in [0.2, 0.25) is 0 Å². The lowest BCUT2D eigenvalue weighted by Crippen LogP contribution is -2.12. The van der Waals surface area contributed by atoms with Crippen molar-refractivity contribution in [1.82, 2.24) is 4.57 Å². The molecule has 8 aromatic carbocycles. The molecule has 0 fully saturated rings. The van der Waals surface area contributed by atoms with Crippen molar-refractivity contribution in [3.63, 3.8) is 0 Å². The van der Waals surface area contributed by atoms with Crippen molar-refractivity contribution < 1.29 is 0 Å². The van der Waals surface area contributed by atoms with Gasteiger partial charge in [0, 0.05) is 33.3 Å². The quantitative estimate of drug-likeness (QED) is 0.169. The third kappa shape index (κ3) is 5.24. The summed E-state index contributed by atoms with van der Waals surface area (Å²) in [5.74, 6) is 0. The van der Waals surface area contributed by atoms with Gasteiger partial charge < -0.3 is 9.47 Å². The minimum atomic E-state index is 1.09. The van der Waals surface area contributed by atoms with Gasteiger partial charge in [0.05, 0.1) is 22.4 Å². The van der Waals surface area contributed by atoms with Gasteiger partial charge in [-0.15, -0.1) is 0 Å². The fraction of sp³-hybridized carbons (Fsp3) is 0. The van der Waals surface area contributed by atoms with Crippen molar-refractivity contribution in [2.75, 3.05) is 4.90 Å². The number of fused-ring (bicyclic) bond motifs is 3. The average molecular weight is 639 g/mol. The van der Waals surface area contributed by atoms with E-state index < -0.39 is 0 Å². The summed E-state index contributed by atoms with van der Waals surface area (Å²) in [5, 5.41) is 2.46. The molecular weight excluding hydrogens is 605 g/mol. The first-order valence-electron chi connectivity index (χ1n) is 17.1. The molecule has 0 aliphatic carbocycles. The zero-order valence-electron chi connectivity index (χ0n) is 27.5. The van der Waals surface area contributed by atoms with Crippen LogP contribution in [0.5, 0.6) is 0 Å². The predicted molar refractivity (Wildman–Crippen MR) is 212 cm³/mol. The molecule has 0 unspecified atom stereocenters. The molecular formula is C48H34N2. The van der Waals surface area contributed by atoms with Crippen LogP contribution in [0.15, 0.2) is 206 Å². The summed E-state index contributed by atoms with van der Waals surface area (Å²) < 4.78 is 2.41. The van der Waals surface area contributed by atoms with Gasteiger partial charge in [0.25, 0.3) is 0 Å². The Morgan fingerprint density at radius 3 is 1.38 bits per heavy atom. The predicted octanol–water partition coefficient (Wildman–Crippen LogP) is 13.3. The Balaban J connectivity index is 1.29. The maximum absolute atomic E-state index is 2.44. The average Bonchev–Trinajstić information content (AvgIpc) is 3.53. The van der Waals surface area contributed by atoms with Crippen molar-refractivity contribution in [3.05, 3.63) is 206 Å². The lowest BCUT2D eigenvalue weighted by molar-refractivity contribution is 1.18. The molecule has 0 bridgehead atoms. The molecule has 9 rings (SSSR count). The van der Waals surface area contributed by atoms with Crippen LogP contribution in [0.25, 0.3) is 60.9 Å². The van der Waals surface area contributed by atoms with Crippen LogP contribution >= 0.6 is 0 Å². The van der Waals surface area contributed by atoms with Crippen molar-refractivity contribution >= 4 is 38.9 Å². The van der Waals surface area contributed by atoms with Crippen LogP contribution in [0.4, 0.5) is 17.1 Å². The van der Waals surface area contributed by atoms with Crippen molar-refractivity contribution in [1.29, 1.82) is 0 Å². The molecule has 0 spiro atoms. The Kier molecular flexibility index (Phi) is 7.53. The number of hydrogen-bond acceptors (Lipinski definition) is 1. The van der Waals surface area contributed by atoms with E-state index >= 15 is 0 Å². The first-order chi connectivity index (χ1) is 24.8. The van der Waals surface area contributed by atoms with Gasteiger partial charge in [-0.3, -0.25) is 0 Å². The number of nitrogens with zero attached hydrogens (tertiary/aromatic N) is 2. The highest BCUT2D eigenvalue weighted by Gasteiger charge is 2.22. The first-order valence-corrected chi connectivity index (χ1v) is 17.1. The van der Waals surface area contributed by atoms with Gasteiger partial charge in [0.2, 0.25) is 0 Å². The molecule has 0 saturated carbocycles. The summed E-state index contributed by atoms with van der Waals surface area (Å²) >= 11 is 0. The van der Waals surface area contributed by atoms with Crippen LogP contribution in [-0.4, -0.2) is 4.57 Å². The van der Waals surface area contributed by atoms with E-state index in [1.165, 1.54) is 49.7 Å². The molecule has 0 radical (unpaired) electrons. The fourth-order valence-corrected chi connectivity index (χ4v) is 7.28. The minimum absolute atomic E-state index is 1.09. The van der Waals surface area contributed by atoms with E-state index in [-0.39, 0.29) is 0 Å². The van der Waals surface area contributed by atoms with Gasteiger partial charge in [-0.1, -0.05) is 164 Å². The van der Waals surface area contributed by atoms with E-state index in [4.69, 9.17) is 0 Å². The van der Waals surface area contributed by atoms with Crippen LogP contribution in [0.1, 0.15) is 0 Å². The number of hydrogen-bond donors (Lipinski definition) is 0. The van der Waals surface area contributed by atoms with E-state index in [1.807, 2.05) is 0 Å². The maximum atomic E-state index is 2.44. The highest BCUT2D eigenvalue weighted by molar-refractivity contribution is 6.10. The Labute approximate surface area is 292 Å². The van der Waals surface area contributed by atoms with Gasteiger partial charge in [-0.2, -0.15) is 0 Å². The molecule has 1 aromatic heterocycles. The monoisotopic (exact) mass is 638 g/mol. The molecule has 0 amide bonds. The number of benzene rings is 8. The highest BCUT2D eigenvalue weighted by atomic mass is 15.1.